The van der Waals surface area contributed by atoms with Crippen molar-refractivity contribution in [3.05, 3.63) is 48.9 Å². The number of nitrogens with one attached hydrogen (secondary N) is 1. The largest absolute Gasteiger partial charge is 0.405 e. The fraction of sp³-hybridized carbons (Fsp3) is 0. The molecule has 0 spiro atoms. The van der Waals surface area contributed by atoms with Crippen LogP contribution in [-0.4, -0.2) is 0 Å². The smallest absolute Gasteiger partial charge is 0.0479 e. The molecule has 0 aromatic carbocycles. The molecule has 0 rings (SSSR count). The van der Waals surface area contributed by atoms with Crippen molar-refractivity contribution in [3.63, 3.8) is 0 Å². The Bertz CT molecular complexity index is 201. The maximum Gasteiger partial charge on any atom is 0.0479 e. The van der Waals surface area contributed by atoms with Crippen molar-refractivity contribution in [2.75, 3.05) is 0 Å². The van der Waals surface area contributed by atoms with Crippen LogP contribution < -0.4 is 17.0 Å². The molecular weight excluding hydrogens is 138 g/mol. The zero-order chi connectivity index (χ0) is 8.69. The van der Waals surface area contributed by atoms with Crippen molar-refractivity contribution >= 4 is 0 Å². The Kier molecular flexibility index (Phi) is 4.60. The van der Waals surface area contributed by atoms with Crippen molar-refractivity contribution < 1.29 is 0 Å². The van der Waals surface area contributed by atoms with E-state index in [9.17, 15) is 0 Å². The van der Waals surface area contributed by atoms with Crippen molar-refractivity contribution in [1.29, 1.82) is 0 Å². The number of hydrogen-bond donors (Lipinski definition) is 3. The van der Waals surface area contributed by atoms with E-state index in [0.717, 1.165) is 5.57 Å². The van der Waals surface area contributed by atoms with Gasteiger partial charge in [0.15, 0.2) is 0 Å². The van der Waals surface area contributed by atoms with Gasteiger partial charge in [-0.3, -0.25) is 5.84 Å². The molecule has 3 nitrogen and oxygen atoms in total. The van der Waals surface area contributed by atoms with Crippen LogP contribution in [0.3, 0.4) is 0 Å². The van der Waals surface area contributed by atoms with Crippen LogP contribution in [0.25, 0.3) is 0 Å². The van der Waals surface area contributed by atoms with E-state index in [1.165, 1.54) is 6.20 Å². The molecule has 0 fully saturated rings. The van der Waals surface area contributed by atoms with Crippen molar-refractivity contribution in [3.8, 4) is 0 Å². The van der Waals surface area contributed by atoms with Crippen LogP contribution in [0, 0.1) is 0 Å². The molecule has 11 heavy (non-hydrogen) atoms. The second-order valence-electron chi connectivity index (χ2n) is 1.89. The fourth-order valence-electron chi connectivity index (χ4n) is 0.429. The SMILES string of the molecule is C=C(/C=C\C=C/N)C(=C)NN. The summed E-state index contributed by atoms with van der Waals surface area (Å²) in [5.74, 6) is 5.09. The topological polar surface area (TPSA) is 64.1 Å². The first-order chi connectivity index (χ1) is 5.22. The molecule has 0 radical (unpaired) electrons. The van der Waals surface area contributed by atoms with E-state index in [4.69, 9.17) is 11.6 Å². The van der Waals surface area contributed by atoms with Crippen LogP contribution in [0.15, 0.2) is 48.9 Å². The van der Waals surface area contributed by atoms with E-state index < -0.39 is 0 Å². The summed E-state index contributed by atoms with van der Waals surface area (Å²) in [5.41, 5.74) is 8.81. The zero-order valence-electron chi connectivity index (χ0n) is 6.38. The van der Waals surface area contributed by atoms with Gasteiger partial charge in [-0.05, 0) is 17.8 Å². The Hall–Kier alpha value is -1.48. The predicted octanol–water partition coefficient (Wildman–Crippen LogP) is 0.548. The molecule has 5 N–H and O–H groups in total. The third-order valence-corrected chi connectivity index (χ3v) is 1.08. The lowest BCUT2D eigenvalue weighted by Gasteiger charge is -2.01. The van der Waals surface area contributed by atoms with Gasteiger partial charge in [0.25, 0.3) is 0 Å². The van der Waals surface area contributed by atoms with Gasteiger partial charge in [-0.2, -0.15) is 0 Å². The molecule has 0 unspecified atom stereocenters. The average Bonchev–Trinajstić information content (AvgIpc) is 2.03. The van der Waals surface area contributed by atoms with Crippen molar-refractivity contribution in [2.45, 2.75) is 0 Å². The molecule has 0 aromatic rings. The molecule has 3 heteroatoms. The van der Waals surface area contributed by atoms with Crippen LogP contribution in [0.2, 0.25) is 0 Å². The highest BCUT2D eigenvalue weighted by Gasteiger charge is 1.89. The Morgan fingerprint density at radius 1 is 1.27 bits per heavy atom. The molecule has 0 bridgehead atoms. The van der Waals surface area contributed by atoms with E-state index in [1.807, 2.05) is 0 Å². The lowest BCUT2D eigenvalue weighted by molar-refractivity contribution is 0.910. The summed E-state index contributed by atoms with van der Waals surface area (Å²) in [4.78, 5) is 0. The molecular formula is C8H13N3. The van der Waals surface area contributed by atoms with E-state index in [2.05, 4.69) is 18.6 Å². The Labute approximate surface area is 66.7 Å². The minimum absolute atomic E-state index is 0.590. The number of hydrogen-bond acceptors (Lipinski definition) is 3. The van der Waals surface area contributed by atoms with Crippen molar-refractivity contribution in [2.24, 2.45) is 11.6 Å². The minimum atomic E-state index is 0.590. The summed E-state index contributed by atoms with van der Waals surface area (Å²) in [5, 5.41) is 0. The lowest BCUT2D eigenvalue weighted by atomic mass is 10.2. The first kappa shape index (κ1) is 9.52. The highest BCUT2D eigenvalue weighted by Crippen LogP contribution is 2.00. The number of nitrogens with two attached hydrogens (primary N) is 2. The first-order valence-corrected chi connectivity index (χ1v) is 3.12. The van der Waals surface area contributed by atoms with Crippen molar-refractivity contribution in [1.82, 2.24) is 5.43 Å². The molecule has 0 saturated carbocycles. The fourth-order valence-corrected chi connectivity index (χ4v) is 0.429. The number of rotatable bonds is 4. The molecule has 60 valence electrons. The maximum absolute atomic E-state index is 5.10. The summed E-state index contributed by atoms with van der Waals surface area (Å²) in [6, 6.07) is 0. The zero-order valence-corrected chi connectivity index (χ0v) is 6.38. The first-order valence-electron chi connectivity index (χ1n) is 3.12. The van der Waals surface area contributed by atoms with Gasteiger partial charge in [-0.15, -0.1) is 0 Å². The Morgan fingerprint density at radius 2 is 1.91 bits per heavy atom. The highest BCUT2D eigenvalue weighted by atomic mass is 15.2. The molecule has 0 heterocycles. The quantitative estimate of drug-likeness (QED) is 0.312. The molecule has 0 aliphatic rings. The van der Waals surface area contributed by atoms with Crippen LogP contribution in [0.4, 0.5) is 0 Å². The van der Waals surface area contributed by atoms with Gasteiger partial charge in [0.05, 0.1) is 0 Å². The Morgan fingerprint density at radius 3 is 2.36 bits per heavy atom. The summed E-state index contributed by atoms with van der Waals surface area (Å²) >= 11 is 0. The molecule has 0 aliphatic carbocycles. The van der Waals surface area contributed by atoms with Crippen LogP contribution in [0.5, 0.6) is 0 Å². The summed E-state index contributed by atoms with van der Waals surface area (Å²) in [6.45, 7) is 7.30. The van der Waals surface area contributed by atoms with Gasteiger partial charge in [-0.1, -0.05) is 25.3 Å². The maximum atomic E-state index is 5.10. The van der Waals surface area contributed by atoms with Gasteiger partial charge < -0.3 is 11.2 Å². The van der Waals surface area contributed by atoms with E-state index in [-0.39, 0.29) is 0 Å². The summed E-state index contributed by atoms with van der Waals surface area (Å²) in [7, 11) is 0. The van der Waals surface area contributed by atoms with Gasteiger partial charge in [0, 0.05) is 5.70 Å². The molecule has 0 aliphatic heterocycles. The van der Waals surface area contributed by atoms with Gasteiger partial charge in [0.2, 0.25) is 0 Å². The summed E-state index contributed by atoms with van der Waals surface area (Å²) < 4.78 is 0. The molecule has 0 amide bonds. The summed E-state index contributed by atoms with van der Waals surface area (Å²) in [6.07, 6.45) is 6.63. The number of allylic oxidation sites excluding steroid dienone is 3. The average molecular weight is 151 g/mol. The third kappa shape index (κ3) is 4.00. The van der Waals surface area contributed by atoms with Crippen LogP contribution in [0.1, 0.15) is 0 Å². The Balaban J connectivity index is 3.97. The molecule has 0 saturated heterocycles. The van der Waals surface area contributed by atoms with E-state index in [0.29, 0.717) is 5.70 Å². The second-order valence-corrected chi connectivity index (χ2v) is 1.89. The van der Waals surface area contributed by atoms with Crippen LogP contribution >= 0.6 is 0 Å². The van der Waals surface area contributed by atoms with Crippen LogP contribution in [-0.2, 0) is 0 Å². The minimum Gasteiger partial charge on any atom is -0.405 e. The van der Waals surface area contributed by atoms with Gasteiger partial charge >= 0.3 is 0 Å². The second kappa shape index (κ2) is 5.32. The van der Waals surface area contributed by atoms with E-state index >= 15 is 0 Å². The highest BCUT2D eigenvalue weighted by molar-refractivity contribution is 5.34. The number of hydrazine groups is 1. The molecule has 0 atom stereocenters. The normalized spacial score (nSPS) is 10.6. The third-order valence-electron chi connectivity index (χ3n) is 1.08. The monoisotopic (exact) mass is 151 g/mol. The lowest BCUT2D eigenvalue weighted by Crippen LogP contribution is -2.20. The molecule has 0 aromatic heterocycles. The van der Waals surface area contributed by atoms with Gasteiger partial charge in [0.1, 0.15) is 0 Å². The standard InChI is InChI=1S/C8H13N3/c1-7(8(2)11-10)5-3-4-6-9/h3-6,11H,1-2,9-10H2/b5-3-,6-4-. The van der Waals surface area contributed by atoms with E-state index in [1.54, 1.807) is 18.2 Å². The van der Waals surface area contributed by atoms with Gasteiger partial charge in [-0.25, -0.2) is 0 Å². The predicted molar refractivity (Wildman–Crippen MR) is 48.1 cm³/mol.